The van der Waals surface area contributed by atoms with Gasteiger partial charge in [0.25, 0.3) is 0 Å². The quantitative estimate of drug-likeness (QED) is 0.897. The number of rotatable bonds is 5. The van der Waals surface area contributed by atoms with E-state index >= 15 is 0 Å². The van der Waals surface area contributed by atoms with Crippen LogP contribution in [0.15, 0.2) is 24.3 Å². The number of hydrogen-bond acceptors (Lipinski definition) is 3. The summed E-state index contributed by atoms with van der Waals surface area (Å²) in [6, 6.07) is 8.08. The van der Waals surface area contributed by atoms with Crippen molar-refractivity contribution < 1.29 is 9.53 Å². The smallest absolute Gasteiger partial charge is 0.236 e. The summed E-state index contributed by atoms with van der Waals surface area (Å²) < 4.78 is 5.22. The van der Waals surface area contributed by atoms with Crippen LogP contribution in [0.5, 0.6) is 5.75 Å². The molecule has 1 unspecified atom stereocenters. The van der Waals surface area contributed by atoms with Crippen molar-refractivity contribution in [2.75, 3.05) is 26.7 Å². The molecule has 20 heavy (non-hydrogen) atoms. The Hall–Kier alpha value is -1.55. The Labute approximate surface area is 121 Å². The van der Waals surface area contributed by atoms with E-state index in [-0.39, 0.29) is 11.9 Å². The Kier molecular flexibility index (Phi) is 5.41. The first-order valence-electron chi connectivity index (χ1n) is 7.36. The lowest BCUT2D eigenvalue weighted by atomic mass is 10.1. The van der Waals surface area contributed by atoms with Gasteiger partial charge in [0.2, 0.25) is 5.91 Å². The molecule has 0 saturated carbocycles. The number of nitrogens with one attached hydrogen (secondary N) is 1. The number of amides is 1. The molecule has 110 valence electrons. The number of piperidine rings is 1. The number of likely N-dealkylation sites (tertiary alicyclic amines) is 1. The average molecular weight is 276 g/mol. The second-order valence-electron chi connectivity index (χ2n) is 5.32. The lowest BCUT2D eigenvalue weighted by Gasteiger charge is -2.27. The van der Waals surface area contributed by atoms with Gasteiger partial charge < -0.3 is 15.0 Å². The molecule has 0 spiro atoms. The third-order valence-electron chi connectivity index (χ3n) is 3.86. The molecule has 1 aromatic rings. The number of ether oxygens (including phenoxy) is 1. The zero-order valence-corrected chi connectivity index (χ0v) is 12.4. The second kappa shape index (κ2) is 7.29. The molecule has 0 aliphatic carbocycles. The van der Waals surface area contributed by atoms with Gasteiger partial charge in [-0.05, 0) is 43.9 Å². The Morgan fingerprint density at radius 2 is 2.10 bits per heavy atom. The van der Waals surface area contributed by atoms with Crippen LogP contribution in [0.2, 0.25) is 0 Å². The largest absolute Gasteiger partial charge is 0.497 e. The molecule has 0 aromatic heterocycles. The van der Waals surface area contributed by atoms with Crippen LogP contribution in [-0.2, 0) is 4.79 Å². The minimum atomic E-state index is 0.138. The summed E-state index contributed by atoms with van der Waals surface area (Å²) in [5.74, 6) is 1.05. The lowest BCUT2D eigenvalue weighted by Crippen LogP contribution is -2.41. The molecule has 4 heteroatoms. The van der Waals surface area contributed by atoms with Gasteiger partial charge in [0, 0.05) is 19.1 Å². The van der Waals surface area contributed by atoms with Crippen LogP contribution in [0.1, 0.15) is 37.8 Å². The van der Waals surface area contributed by atoms with Crippen molar-refractivity contribution in [2.24, 2.45) is 0 Å². The van der Waals surface area contributed by atoms with E-state index < -0.39 is 0 Å². The molecule has 1 aliphatic rings. The Bertz CT molecular complexity index is 442. The van der Waals surface area contributed by atoms with Crippen molar-refractivity contribution in [2.45, 2.75) is 32.2 Å². The Balaban J connectivity index is 1.84. The summed E-state index contributed by atoms with van der Waals surface area (Å²) in [6.45, 7) is 4.29. The maximum atomic E-state index is 12.1. The highest BCUT2D eigenvalue weighted by molar-refractivity contribution is 5.78. The van der Waals surface area contributed by atoms with Gasteiger partial charge in [-0.1, -0.05) is 12.1 Å². The first-order valence-corrected chi connectivity index (χ1v) is 7.36. The van der Waals surface area contributed by atoms with Gasteiger partial charge in [-0.3, -0.25) is 4.79 Å². The molecule has 1 heterocycles. The number of carbonyl (C=O) groups is 1. The Morgan fingerprint density at radius 3 is 2.80 bits per heavy atom. The standard InChI is InChI=1S/C16H24N2O2/c1-13(14-7-6-8-15(11-14)20-2)17-12-16(19)18-9-4-3-5-10-18/h6-8,11,13,17H,3-5,9-10,12H2,1-2H3. The maximum Gasteiger partial charge on any atom is 0.236 e. The van der Waals surface area contributed by atoms with E-state index in [4.69, 9.17) is 4.74 Å². The predicted molar refractivity (Wildman–Crippen MR) is 79.8 cm³/mol. The van der Waals surface area contributed by atoms with Gasteiger partial charge in [0.05, 0.1) is 13.7 Å². The number of hydrogen-bond donors (Lipinski definition) is 1. The lowest BCUT2D eigenvalue weighted by molar-refractivity contribution is -0.131. The summed E-state index contributed by atoms with van der Waals surface area (Å²) in [7, 11) is 1.66. The fraction of sp³-hybridized carbons (Fsp3) is 0.562. The number of nitrogens with zero attached hydrogens (tertiary/aromatic N) is 1. The fourth-order valence-corrected chi connectivity index (χ4v) is 2.52. The van der Waals surface area contributed by atoms with Gasteiger partial charge in [0.1, 0.15) is 5.75 Å². The van der Waals surface area contributed by atoms with Gasteiger partial charge in [-0.2, -0.15) is 0 Å². The van der Waals surface area contributed by atoms with E-state index in [1.165, 1.54) is 6.42 Å². The van der Waals surface area contributed by atoms with E-state index in [0.29, 0.717) is 6.54 Å². The molecular formula is C16H24N2O2. The molecule has 1 aliphatic heterocycles. The van der Waals surface area contributed by atoms with Gasteiger partial charge in [-0.25, -0.2) is 0 Å². The van der Waals surface area contributed by atoms with Crippen LogP contribution in [0, 0.1) is 0 Å². The molecular weight excluding hydrogens is 252 g/mol. The van der Waals surface area contributed by atoms with Crippen LogP contribution < -0.4 is 10.1 Å². The molecule has 0 bridgehead atoms. The van der Waals surface area contributed by atoms with Crippen LogP contribution >= 0.6 is 0 Å². The molecule has 1 atom stereocenters. The second-order valence-corrected chi connectivity index (χ2v) is 5.32. The zero-order valence-electron chi connectivity index (χ0n) is 12.4. The van der Waals surface area contributed by atoms with Crippen molar-refractivity contribution in [3.8, 4) is 5.75 Å². The summed E-state index contributed by atoms with van der Waals surface area (Å²) in [6.07, 6.45) is 3.52. The molecule has 4 nitrogen and oxygen atoms in total. The average Bonchev–Trinajstić information content (AvgIpc) is 2.53. The van der Waals surface area contributed by atoms with E-state index in [9.17, 15) is 4.79 Å². The summed E-state index contributed by atoms with van der Waals surface area (Å²) in [5.41, 5.74) is 1.13. The Morgan fingerprint density at radius 1 is 1.35 bits per heavy atom. The van der Waals surface area contributed by atoms with Gasteiger partial charge in [-0.15, -0.1) is 0 Å². The fourth-order valence-electron chi connectivity index (χ4n) is 2.52. The molecule has 1 aromatic carbocycles. The number of methoxy groups -OCH3 is 1. The van der Waals surface area contributed by atoms with Crippen LogP contribution in [-0.4, -0.2) is 37.6 Å². The summed E-state index contributed by atoms with van der Waals surface area (Å²) in [4.78, 5) is 14.1. The van der Waals surface area contributed by atoms with Crippen LogP contribution in [0.3, 0.4) is 0 Å². The molecule has 1 amide bonds. The first kappa shape index (κ1) is 14.9. The number of benzene rings is 1. The maximum absolute atomic E-state index is 12.1. The summed E-state index contributed by atoms with van der Waals surface area (Å²) in [5, 5.41) is 3.30. The van der Waals surface area contributed by atoms with E-state index in [0.717, 1.165) is 37.2 Å². The van der Waals surface area contributed by atoms with E-state index in [1.807, 2.05) is 29.2 Å². The van der Waals surface area contributed by atoms with Crippen molar-refractivity contribution in [3.63, 3.8) is 0 Å². The zero-order chi connectivity index (χ0) is 14.4. The predicted octanol–water partition coefficient (Wildman–Crippen LogP) is 2.36. The third-order valence-corrected chi connectivity index (χ3v) is 3.86. The summed E-state index contributed by atoms with van der Waals surface area (Å²) >= 11 is 0. The van der Waals surface area contributed by atoms with Gasteiger partial charge >= 0.3 is 0 Å². The topological polar surface area (TPSA) is 41.6 Å². The number of carbonyl (C=O) groups excluding carboxylic acids is 1. The van der Waals surface area contributed by atoms with Gasteiger partial charge in [0.15, 0.2) is 0 Å². The highest BCUT2D eigenvalue weighted by atomic mass is 16.5. The minimum absolute atomic E-state index is 0.138. The first-order chi connectivity index (χ1) is 9.70. The monoisotopic (exact) mass is 276 g/mol. The van der Waals surface area contributed by atoms with Crippen molar-refractivity contribution >= 4 is 5.91 Å². The van der Waals surface area contributed by atoms with Crippen molar-refractivity contribution in [1.82, 2.24) is 10.2 Å². The molecule has 2 rings (SSSR count). The highest BCUT2D eigenvalue weighted by Crippen LogP contribution is 2.18. The minimum Gasteiger partial charge on any atom is -0.497 e. The van der Waals surface area contributed by atoms with E-state index in [1.54, 1.807) is 7.11 Å². The highest BCUT2D eigenvalue weighted by Gasteiger charge is 2.17. The van der Waals surface area contributed by atoms with E-state index in [2.05, 4.69) is 12.2 Å². The SMILES string of the molecule is COc1cccc(C(C)NCC(=O)N2CCCCC2)c1. The normalized spacial score (nSPS) is 16.8. The van der Waals surface area contributed by atoms with Crippen LogP contribution in [0.4, 0.5) is 0 Å². The van der Waals surface area contributed by atoms with Crippen molar-refractivity contribution in [1.29, 1.82) is 0 Å². The van der Waals surface area contributed by atoms with Crippen molar-refractivity contribution in [3.05, 3.63) is 29.8 Å². The third kappa shape index (κ3) is 3.97. The van der Waals surface area contributed by atoms with Crippen LogP contribution in [0.25, 0.3) is 0 Å². The molecule has 1 saturated heterocycles. The molecule has 0 radical (unpaired) electrons. The molecule has 1 fully saturated rings. The molecule has 1 N–H and O–H groups in total.